The van der Waals surface area contributed by atoms with E-state index in [1.54, 1.807) is 0 Å². The van der Waals surface area contributed by atoms with Gasteiger partial charge in [-0.1, -0.05) is 34.1 Å². The third-order valence-electron chi connectivity index (χ3n) is 3.95. The molecule has 0 saturated carbocycles. The molecule has 0 bridgehead atoms. The average Bonchev–Trinajstić information content (AvgIpc) is 3.06. The number of carbonyl (C=O) groups is 1. The molecule has 2 aromatic carbocycles. The first-order chi connectivity index (χ1) is 12.4. The van der Waals surface area contributed by atoms with Crippen molar-refractivity contribution in [1.82, 2.24) is 5.43 Å². The number of fused-ring (bicyclic) bond motifs is 1. The minimum atomic E-state index is -0.148. The number of hydrogen-bond acceptors (Lipinski definition) is 4. The molecule has 1 heterocycles. The van der Waals surface area contributed by atoms with Gasteiger partial charge in [0, 0.05) is 14.8 Å². The maximum absolute atomic E-state index is 12.1. The zero-order valence-corrected chi connectivity index (χ0v) is 17.2. The van der Waals surface area contributed by atoms with Crippen LogP contribution in [-0.4, -0.2) is 17.4 Å². The minimum absolute atomic E-state index is 0.148. The Balaban J connectivity index is 1.61. The van der Waals surface area contributed by atoms with Gasteiger partial charge in [-0.15, -0.1) is 11.8 Å². The Labute approximate surface area is 165 Å². The molecule has 6 heteroatoms. The number of carbonyl (C=O) groups excluding carboxylic acids is 1. The Kier molecular flexibility index (Phi) is 5.84. The molecule has 0 saturated heterocycles. The number of aryl methyl sites for hydroxylation is 2. The first kappa shape index (κ1) is 18.7. The van der Waals surface area contributed by atoms with Crippen molar-refractivity contribution in [2.24, 2.45) is 5.10 Å². The molecule has 1 amide bonds. The molecular formula is C20H19BrN2O2S. The van der Waals surface area contributed by atoms with Crippen molar-refractivity contribution in [3.05, 3.63) is 63.8 Å². The van der Waals surface area contributed by atoms with Crippen LogP contribution in [0.2, 0.25) is 0 Å². The summed E-state index contributed by atoms with van der Waals surface area (Å²) in [5.41, 5.74) is 6.33. The molecule has 26 heavy (non-hydrogen) atoms. The first-order valence-electron chi connectivity index (χ1n) is 8.15. The summed E-state index contributed by atoms with van der Waals surface area (Å²) in [6.07, 6.45) is 0. The van der Waals surface area contributed by atoms with Crippen molar-refractivity contribution < 1.29 is 9.21 Å². The number of amides is 1. The summed E-state index contributed by atoms with van der Waals surface area (Å²) in [4.78, 5) is 13.2. The maximum atomic E-state index is 12.1. The van der Waals surface area contributed by atoms with E-state index in [1.807, 2.05) is 51.1 Å². The summed E-state index contributed by atoms with van der Waals surface area (Å²) in [7, 11) is 0. The van der Waals surface area contributed by atoms with Gasteiger partial charge in [0.1, 0.15) is 11.3 Å². The highest BCUT2D eigenvalue weighted by Gasteiger charge is 2.09. The van der Waals surface area contributed by atoms with Gasteiger partial charge in [-0.05, 0) is 56.2 Å². The molecule has 0 fully saturated rings. The normalized spacial score (nSPS) is 11.8. The lowest BCUT2D eigenvalue weighted by Crippen LogP contribution is -2.21. The van der Waals surface area contributed by atoms with Crippen LogP contribution in [0.1, 0.15) is 23.8 Å². The number of nitrogens with one attached hydrogen (secondary N) is 1. The van der Waals surface area contributed by atoms with E-state index in [0.717, 1.165) is 31.5 Å². The van der Waals surface area contributed by atoms with Crippen molar-refractivity contribution in [1.29, 1.82) is 0 Å². The lowest BCUT2D eigenvalue weighted by molar-refractivity contribution is -0.118. The summed E-state index contributed by atoms with van der Waals surface area (Å²) in [5, 5.41) is 5.17. The lowest BCUT2D eigenvalue weighted by Gasteiger charge is -2.08. The van der Waals surface area contributed by atoms with Crippen LogP contribution in [0.4, 0.5) is 0 Å². The molecule has 0 aliphatic heterocycles. The summed E-state index contributed by atoms with van der Waals surface area (Å²) in [6, 6.07) is 13.8. The molecule has 0 atom stereocenters. The van der Waals surface area contributed by atoms with Gasteiger partial charge in [0.2, 0.25) is 5.91 Å². The fourth-order valence-electron chi connectivity index (χ4n) is 2.45. The number of rotatable bonds is 5. The van der Waals surface area contributed by atoms with Gasteiger partial charge in [0.25, 0.3) is 0 Å². The molecule has 4 nitrogen and oxygen atoms in total. The van der Waals surface area contributed by atoms with Crippen LogP contribution >= 0.6 is 27.7 Å². The second kappa shape index (κ2) is 8.10. The van der Waals surface area contributed by atoms with Gasteiger partial charge in [-0.2, -0.15) is 5.10 Å². The maximum Gasteiger partial charge on any atom is 0.250 e. The highest BCUT2D eigenvalue weighted by Crippen LogP contribution is 2.28. The van der Waals surface area contributed by atoms with Crippen molar-refractivity contribution in [2.75, 3.05) is 5.75 Å². The molecule has 134 valence electrons. The van der Waals surface area contributed by atoms with Gasteiger partial charge < -0.3 is 4.42 Å². The molecule has 0 unspecified atom stereocenters. The fourth-order valence-corrected chi connectivity index (χ4v) is 3.80. The largest absolute Gasteiger partial charge is 0.455 e. The Morgan fingerprint density at radius 3 is 2.73 bits per heavy atom. The number of furan rings is 1. The van der Waals surface area contributed by atoms with E-state index < -0.39 is 0 Å². The van der Waals surface area contributed by atoms with E-state index >= 15 is 0 Å². The van der Waals surface area contributed by atoms with E-state index in [0.29, 0.717) is 17.2 Å². The van der Waals surface area contributed by atoms with Crippen molar-refractivity contribution >= 4 is 50.3 Å². The second-order valence-electron chi connectivity index (χ2n) is 6.04. The van der Waals surface area contributed by atoms with Gasteiger partial charge in [0.15, 0.2) is 5.76 Å². The smallest absolute Gasteiger partial charge is 0.250 e. The van der Waals surface area contributed by atoms with Crippen LogP contribution in [0, 0.1) is 13.8 Å². The topological polar surface area (TPSA) is 54.6 Å². The molecule has 1 aromatic heterocycles. The molecule has 0 radical (unpaired) electrons. The summed E-state index contributed by atoms with van der Waals surface area (Å²) < 4.78 is 6.82. The third-order valence-corrected chi connectivity index (χ3v) is 5.96. The number of hydrogen-bond donors (Lipinski definition) is 1. The van der Waals surface area contributed by atoms with Crippen LogP contribution < -0.4 is 5.43 Å². The van der Waals surface area contributed by atoms with E-state index in [9.17, 15) is 4.79 Å². The average molecular weight is 431 g/mol. The first-order valence-corrected chi connectivity index (χ1v) is 9.93. The minimum Gasteiger partial charge on any atom is -0.455 e. The molecule has 3 rings (SSSR count). The second-order valence-corrected chi connectivity index (χ2v) is 7.91. The lowest BCUT2D eigenvalue weighted by atomic mass is 10.2. The summed E-state index contributed by atoms with van der Waals surface area (Å²) in [6.45, 7) is 5.89. The van der Waals surface area contributed by atoms with Crippen LogP contribution in [0.15, 0.2) is 61.4 Å². The Bertz CT molecular complexity index is 962. The van der Waals surface area contributed by atoms with E-state index in [1.165, 1.54) is 11.8 Å². The fraction of sp³-hybridized carbons (Fsp3) is 0.200. The monoisotopic (exact) mass is 430 g/mol. The van der Waals surface area contributed by atoms with Crippen molar-refractivity contribution in [2.45, 2.75) is 25.7 Å². The quantitative estimate of drug-likeness (QED) is 0.332. The molecule has 0 aliphatic rings. The predicted octanol–water partition coefficient (Wildman–Crippen LogP) is 5.44. The van der Waals surface area contributed by atoms with Gasteiger partial charge in [-0.3, -0.25) is 4.79 Å². The third kappa shape index (κ3) is 4.37. The number of halogens is 1. The Hall–Kier alpha value is -2.05. The number of para-hydroxylation sites is 1. The molecule has 1 N–H and O–H groups in total. The van der Waals surface area contributed by atoms with Gasteiger partial charge >= 0.3 is 0 Å². The van der Waals surface area contributed by atoms with E-state index in [-0.39, 0.29) is 5.91 Å². The number of thioether (sulfide) groups is 1. The van der Waals surface area contributed by atoms with Crippen LogP contribution in [0.3, 0.4) is 0 Å². The van der Waals surface area contributed by atoms with Gasteiger partial charge in [0.05, 0.1) is 5.75 Å². The van der Waals surface area contributed by atoms with Crippen LogP contribution in [-0.2, 0) is 4.79 Å². The van der Waals surface area contributed by atoms with Crippen LogP contribution in [0.5, 0.6) is 0 Å². The van der Waals surface area contributed by atoms with Crippen molar-refractivity contribution in [3.63, 3.8) is 0 Å². The number of nitrogens with zero attached hydrogens (tertiary/aromatic N) is 1. The van der Waals surface area contributed by atoms with Crippen LogP contribution in [0.25, 0.3) is 11.0 Å². The Morgan fingerprint density at radius 2 is 1.96 bits per heavy atom. The number of benzene rings is 2. The highest BCUT2D eigenvalue weighted by atomic mass is 79.9. The molecular weight excluding hydrogens is 412 g/mol. The van der Waals surface area contributed by atoms with Gasteiger partial charge in [-0.25, -0.2) is 5.43 Å². The standard InChI is InChI=1S/C20H19BrN2O2S/c1-12-9-19(13(2)8-16(12)21)26-11-20(24)23-22-14(3)18-10-15-6-4-5-7-17(15)25-18/h4-10H,11H2,1-3H3,(H,23,24). The zero-order chi connectivity index (χ0) is 18.7. The SMILES string of the molecule is CC(=NNC(=O)CSc1cc(C)c(Br)cc1C)c1cc2ccccc2o1. The molecule has 0 spiro atoms. The molecule has 0 aliphatic carbocycles. The van der Waals surface area contributed by atoms with Crippen molar-refractivity contribution in [3.8, 4) is 0 Å². The Morgan fingerprint density at radius 1 is 1.19 bits per heavy atom. The molecule has 3 aromatic rings. The summed E-state index contributed by atoms with van der Waals surface area (Å²) in [5.74, 6) is 0.808. The van der Waals surface area contributed by atoms with E-state index in [4.69, 9.17) is 4.42 Å². The summed E-state index contributed by atoms with van der Waals surface area (Å²) >= 11 is 5.02. The van der Waals surface area contributed by atoms with E-state index in [2.05, 4.69) is 38.6 Å². The number of hydrazone groups is 1. The zero-order valence-electron chi connectivity index (χ0n) is 14.8. The highest BCUT2D eigenvalue weighted by molar-refractivity contribution is 9.10. The predicted molar refractivity (Wildman–Crippen MR) is 111 cm³/mol.